The van der Waals surface area contributed by atoms with Crippen LogP contribution in [0.4, 0.5) is 10.8 Å². The van der Waals surface area contributed by atoms with E-state index in [1.807, 2.05) is 0 Å². The molecule has 0 bridgehead atoms. The zero-order chi connectivity index (χ0) is 14.5. The molecule has 0 atom stereocenters. The Hall–Kier alpha value is -2.55. The second kappa shape index (κ2) is 6.06. The number of non-ortho nitro benzene ring substituents is 1. The van der Waals surface area contributed by atoms with Crippen molar-refractivity contribution in [3.05, 3.63) is 45.0 Å². The minimum Gasteiger partial charge on any atom is -0.374 e. The van der Waals surface area contributed by atoms with Crippen LogP contribution in [0.5, 0.6) is 0 Å². The topological polar surface area (TPSA) is 124 Å². The minimum atomic E-state index is -0.512. The summed E-state index contributed by atoms with van der Waals surface area (Å²) < 4.78 is 0. The molecule has 0 saturated heterocycles. The Bertz CT molecular complexity index is 625. The molecule has 0 unspecified atom stereocenters. The monoisotopic (exact) mass is 293 g/mol. The summed E-state index contributed by atoms with van der Waals surface area (Å²) >= 11 is 1.27. The molecule has 2 aromatic rings. The van der Waals surface area contributed by atoms with Gasteiger partial charge in [-0.05, 0) is 12.1 Å². The standard InChI is InChI=1S/C11H11N5O3S/c12-11-15-14-9(20-11)5-6-13-10(17)7-1-3-8(4-2-7)16(18)19/h1-4H,5-6H2,(H2,12,15)(H,13,17). The molecule has 8 nitrogen and oxygen atoms in total. The molecular formula is C11H11N5O3S. The molecule has 9 heteroatoms. The van der Waals surface area contributed by atoms with Gasteiger partial charge in [0.2, 0.25) is 5.13 Å². The predicted molar refractivity (Wildman–Crippen MR) is 73.5 cm³/mol. The van der Waals surface area contributed by atoms with Gasteiger partial charge in [-0.3, -0.25) is 14.9 Å². The van der Waals surface area contributed by atoms with E-state index in [1.165, 1.54) is 35.6 Å². The maximum Gasteiger partial charge on any atom is 0.269 e. The molecule has 0 aliphatic carbocycles. The first-order chi connectivity index (χ1) is 9.56. The fourth-order valence-corrected chi connectivity index (χ4v) is 2.10. The Labute approximate surface area is 117 Å². The van der Waals surface area contributed by atoms with Crippen LogP contribution in [0.3, 0.4) is 0 Å². The molecule has 0 aliphatic rings. The lowest BCUT2D eigenvalue weighted by atomic mass is 10.2. The van der Waals surface area contributed by atoms with Crippen LogP contribution in [0.15, 0.2) is 24.3 Å². The number of aromatic nitrogens is 2. The average molecular weight is 293 g/mol. The van der Waals surface area contributed by atoms with Crippen LogP contribution in [0, 0.1) is 10.1 Å². The van der Waals surface area contributed by atoms with E-state index in [0.717, 1.165) is 5.01 Å². The van der Waals surface area contributed by atoms with E-state index in [1.54, 1.807) is 0 Å². The van der Waals surface area contributed by atoms with E-state index in [9.17, 15) is 14.9 Å². The highest BCUT2D eigenvalue weighted by Crippen LogP contribution is 2.12. The highest BCUT2D eigenvalue weighted by atomic mass is 32.1. The molecule has 0 spiro atoms. The number of nitrogens with two attached hydrogens (primary N) is 1. The van der Waals surface area contributed by atoms with E-state index in [2.05, 4.69) is 15.5 Å². The molecule has 0 fully saturated rings. The summed E-state index contributed by atoms with van der Waals surface area (Å²) in [6, 6.07) is 5.41. The van der Waals surface area contributed by atoms with Gasteiger partial charge in [0.15, 0.2) is 0 Å². The minimum absolute atomic E-state index is 0.0501. The number of amides is 1. The number of rotatable bonds is 5. The van der Waals surface area contributed by atoms with Crippen molar-refractivity contribution < 1.29 is 9.72 Å². The van der Waals surface area contributed by atoms with Crippen molar-refractivity contribution in [2.45, 2.75) is 6.42 Å². The van der Waals surface area contributed by atoms with Crippen molar-refractivity contribution in [3.8, 4) is 0 Å². The number of nitrogen functional groups attached to an aromatic ring is 1. The second-order valence-electron chi connectivity index (χ2n) is 3.84. The number of nitrogens with one attached hydrogen (secondary N) is 1. The van der Waals surface area contributed by atoms with Crippen molar-refractivity contribution in [1.29, 1.82) is 0 Å². The predicted octanol–water partition coefficient (Wildman–Crippen LogP) is 1.00. The number of nitrogens with zero attached hydrogens (tertiary/aromatic N) is 3. The lowest BCUT2D eigenvalue weighted by Crippen LogP contribution is -2.25. The summed E-state index contributed by atoms with van der Waals surface area (Å²) in [6.07, 6.45) is 0.535. The first kappa shape index (κ1) is 13.9. The Morgan fingerprint density at radius 3 is 2.60 bits per heavy atom. The van der Waals surface area contributed by atoms with Gasteiger partial charge in [-0.15, -0.1) is 10.2 Å². The van der Waals surface area contributed by atoms with Crippen LogP contribution in [-0.4, -0.2) is 27.6 Å². The molecule has 1 heterocycles. The third kappa shape index (κ3) is 3.48. The number of nitro groups is 1. The van der Waals surface area contributed by atoms with Gasteiger partial charge >= 0.3 is 0 Å². The summed E-state index contributed by atoms with van der Waals surface area (Å²) in [5.41, 5.74) is 5.76. The van der Waals surface area contributed by atoms with Crippen molar-refractivity contribution >= 4 is 28.1 Å². The van der Waals surface area contributed by atoms with E-state index in [0.29, 0.717) is 23.7 Å². The van der Waals surface area contributed by atoms with E-state index in [4.69, 9.17) is 5.73 Å². The number of carbonyl (C=O) groups is 1. The Kier molecular flexibility index (Phi) is 4.20. The number of benzene rings is 1. The van der Waals surface area contributed by atoms with E-state index in [-0.39, 0.29) is 11.6 Å². The molecule has 1 aromatic heterocycles. The molecule has 0 radical (unpaired) electrons. The third-order valence-electron chi connectivity index (χ3n) is 2.45. The van der Waals surface area contributed by atoms with Gasteiger partial charge in [0, 0.05) is 30.7 Å². The molecule has 2 rings (SSSR count). The molecule has 1 aromatic carbocycles. The smallest absolute Gasteiger partial charge is 0.269 e. The molecule has 1 amide bonds. The summed E-state index contributed by atoms with van der Waals surface area (Å²) in [5, 5.41) is 21.8. The first-order valence-electron chi connectivity index (χ1n) is 5.67. The largest absolute Gasteiger partial charge is 0.374 e. The maximum atomic E-state index is 11.8. The van der Waals surface area contributed by atoms with Crippen molar-refractivity contribution in [1.82, 2.24) is 15.5 Å². The summed E-state index contributed by atoms with van der Waals surface area (Å²) in [7, 11) is 0. The summed E-state index contributed by atoms with van der Waals surface area (Å²) in [4.78, 5) is 21.8. The Balaban J connectivity index is 1.86. The van der Waals surface area contributed by atoms with Crippen molar-refractivity contribution in [2.24, 2.45) is 0 Å². The van der Waals surface area contributed by atoms with Gasteiger partial charge in [-0.25, -0.2) is 0 Å². The van der Waals surface area contributed by atoms with Gasteiger partial charge in [0.1, 0.15) is 5.01 Å². The zero-order valence-electron chi connectivity index (χ0n) is 10.3. The molecule has 104 valence electrons. The molecule has 20 heavy (non-hydrogen) atoms. The van der Waals surface area contributed by atoms with Gasteiger partial charge in [0.05, 0.1) is 4.92 Å². The number of hydrogen-bond acceptors (Lipinski definition) is 7. The van der Waals surface area contributed by atoms with Crippen molar-refractivity contribution in [3.63, 3.8) is 0 Å². The SMILES string of the molecule is Nc1nnc(CCNC(=O)c2ccc([N+](=O)[O-])cc2)s1. The van der Waals surface area contributed by atoms with Gasteiger partial charge in [-0.1, -0.05) is 11.3 Å². The summed E-state index contributed by atoms with van der Waals surface area (Å²) in [5.74, 6) is -0.294. The van der Waals surface area contributed by atoms with Crippen LogP contribution in [0.1, 0.15) is 15.4 Å². The molecule has 3 N–H and O–H groups in total. The zero-order valence-corrected chi connectivity index (χ0v) is 11.1. The van der Waals surface area contributed by atoms with Gasteiger partial charge < -0.3 is 11.1 Å². The van der Waals surface area contributed by atoms with Gasteiger partial charge in [0.25, 0.3) is 11.6 Å². The lowest BCUT2D eigenvalue weighted by Gasteiger charge is -2.03. The molecular weight excluding hydrogens is 282 g/mol. The summed E-state index contributed by atoms with van der Waals surface area (Å²) in [6.45, 7) is 0.393. The van der Waals surface area contributed by atoms with E-state index >= 15 is 0 Å². The first-order valence-corrected chi connectivity index (χ1v) is 6.48. The fourth-order valence-electron chi connectivity index (χ4n) is 1.49. The Morgan fingerprint density at radius 2 is 2.05 bits per heavy atom. The average Bonchev–Trinajstić information content (AvgIpc) is 2.84. The Morgan fingerprint density at radius 1 is 1.35 bits per heavy atom. The number of nitro benzene ring substituents is 1. The van der Waals surface area contributed by atoms with Crippen LogP contribution in [0.25, 0.3) is 0 Å². The molecule has 0 aliphatic heterocycles. The number of anilines is 1. The maximum absolute atomic E-state index is 11.8. The quantitative estimate of drug-likeness (QED) is 0.626. The van der Waals surface area contributed by atoms with Gasteiger partial charge in [-0.2, -0.15) is 0 Å². The number of carbonyl (C=O) groups excluding carboxylic acids is 1. The third-order valence-corrected chi connectivity index (χ3v) is 3.26. The fraction of sp³-hybridized carbons (Fsp3) is 0.182. The van der Waals surface area contributed by atoms with Crippen LogP contribution >= 0.6 is 11.3 Å². The van der Waals surface area contributed by atoms with Crippen molar-refractivity contribution in [2.75, 3.05) is 12.3 Å². The molecule has 0 saturated carbocycles. The second-order valence-corrected chi connectivity index (χ2v) is 4.94. The van der Waals surface area contributed by atoms with Crippen LogP contribution < -0.4 is 11.1 Å². The highest BCUT2D eigenvalue weighted by molar-refractivity contribution is 7.15. The number of hydrogen-bond donors (Lipinski definition) is 2. The van der Waals surface area contributed by atoms with E-state index < -0.39 is 4.92 Å². The normalized spacial score (nSPS) is 10.2. The lowest BCUT2D eigenvalue weighted by molar-refractivity contribution is -0.384. The van der Waals surface area contributed by atoms with Crippen LogP contribution in [0.2, 0.25) is 0 Å². The highest BCUT2D eigenvalue weighted by Gasteiger charge is 2.09. The van der Waals surface area contributed by atoms with Crippen LogP contribution in [-0.2, 0) is 6.42 Å².